The van der Waals surface area contributed by atoms with Crippen LogP contribution in [0.4, 0.5) is 5.69 Å². The van der Waals surface area contributed by atoms with Gasteiger partial charge in [0.05, 0.1) is 0 Å². The Kier molecular flexibility index (Phi) is 4.63. The van der Waals surface area contributed by atoms with E-state index in [2.05, 4.69) is 32.2 Å². The first kappa shape index (κ1) is 12.1. The standard InChI is InChI=1S/C13H22N2/c1-4-6-10(2)15-9-12-7-5-8-13(14)11(12)3/h5,7-8,10,15H,4,6,9,14H2,1-3H3. The lowest BCUT2D eigenvalue weighted by molar-refractivity contribution is 0.508. The average molecular weight is 206 g/mol. The second kappa shape index (κ2) is 5.76. The van der Waals surface area contributed by atoms with Crippen LogP contribution < -0.4 is 11.1 Å². The molecule has 1 unspecified atom stereocenters. The predicted molar refractivity (Wildman–Crippen MR) is 66.8 cm³/mol. The Hall–Kier alpha value is -1.02. The molecule has 1 rings (SSSR count). The summed E-state index contributed by atoms with van der Waals surface area (Å²) in [6, 6.07) is 6.69. The maximum absolute atomic E-state index is 5.86. The van der Waals surface area contributed by atoms with Gasteiger partial charge in [-0.3, -0.25) is 0 Å². The molecule has 0 aromatic heterocycles. The van der Waals surface area contributed by atoms with E-state index in [1.165, 1.54) is 24.0 Å². The van der Waals surface area contributed by atoms with Gasteiger partial charge in [-0.1, -0.05) is 25.5 Å². The molecular formula is C13H22N2. The summed E-state index contributed by atoms with van der Waals surface area (Å²) in [5.41, 5.74) is 9.25. The summed E-state index contributed by atoms with van der Waals surface area (Å²) in [4.78, 5) is 0. The fraction of sp³-hybridized carbons (Fsp3) is 0.538. The molecule has 1 atom stereocenters. The molecule has 0 saturated carbocycles. The van der Waals surface area contributed by atoms with Crippen LogP contribution in [0.25, 0.3) is 0 Å². The maximum Gasteiger partial charge on any atom is 0.0346 e. The van der Waals surface area contributed by atoms with Crippen molar-refractivity contribution in [1.82, 2.24) is 5.32 Å². The zero-order valence-electron chi connectivity index (χ0n) is 10.0. The van der Waals surface area contributed by atoms with Gasteiger partial charge in [0.15, 0.2) is 0 Å². The Labute approximate surface area is 92.9 Å². The van der Waals surface area contributed by atoms with Gasteiger partial charge in [0, 0.05) is 18.3 Å². The molecule has 0 radical (unpaired) electrons. The highest BCUT2D eigenvalue weighted by Crippen LogP contribution is 2.15. The summed E-state index contributed by atoms with van der Waals surface area (Å²) in [6.07, 6.45) is 2.45. The summed E-state index contributed by atoms with van der Waals surface area (Å²) >= 11 is 0. The summed E-state index contributed by atoms with van der Waals surface area (Å²) in [7, 11) is 0. The van der Waals surface area contributed by atoms with Crippen molar-refractivity contribution in [2.75, 3.05) is 5.73 Å². The lowest BCUT2D eigenvalue weighted by Crippen LogP contribution is -2.25. The maximum atomic E-state index is 5.86. The predicted octanol–water partition coefficient (Wildman–Crippen LogP) is 2.86. The number of nitrogen functional groups attached to an aromatic ring is 1. The fourth-order valence-corrected chi connectivity index (χ4v) is 1.71. The van der Waals surface area contributed by atoms with Gasteiger partial charge in [0.2, 0.25) is 0 Å². The number of hydrogen-bond donors (Lipinski definition) is 2. The van der Waals surface area contributed by atoms with Crippen LogP contribution in [0, 0.1) is 6.92 Å². The zero-order chi connectivity index (χ0) is 11.3. The summed E-state index contributed by atoms with van der Waals surface area (Å²) in [5.74, 6) is 0. The smallest absolute Gasteiger partial charge is 0.0346 e. The van der Waals surface area contributed by atoms with E-state index in [1.54, 1.807) is 0 Å². The van der Waals surface area contributed by atoms with Gasteiger partial charge < -0.3 is 11.1 Å². The number of anilines is 1. The van der Waals surface area contributed by atoms with Crippen LogP contribution in [0.3, 0.4) is 0 Å². The van der Waals surface area contributed by atoms with Gasteiger partial charge in [0.1, 0.15) is 0 Å². The first-order valence-corrected chi connectivity index (χ1v) is 5.72. The van der Waals surface area contributed by atoms with Crippen molar-refractivity contribution in [2.24, 2.45) is 0 Å². The molecule has 0 aliphatic carbocycles. The minimum Gasteiger partial charge on any atom is -0.399 e. The molecule has 0 fully saturated rings. The van der Waals surface area contributed by atoms with E-state index in [9.17, 15) is 0 Å². The van der Waals surface area contributed by atoms with E-state index < -0.39 is 0 Å². The molecule has 0 aliphatic rings. The fourth-order valence-electron chi connectivity index (χ4n) is 1.71. The number of hydrogen-bond acceptors (Lipinski definition) is 2. The molecule has 0 spiro atoms. The van der Waals surface area contributed by atoms with Gasteiger partial charge in [-0.15, -0.1) is 0 Å². The molecule has 1 aromatic rings. The summed E-state index contributed by atoms with van der Waals surface area (Å²) in [6.45, 7) is 7.43. The second-order valence-electron chi connectivity index (χ2n) is 4.20. The molecule has 1 aromatic carbocycles. The summed E-state index contributed by atoms with van der Waals surface area (Å²) in [5, 5.41) is 3.51. The first-order chi connectivity index (χ1) is 7.15. The van der Waals surface area contributed by atoms with Gasteiger partial charge in [-0.05, 0) is 37.5 Å². The van der Waals surface area contributed by atoms with Crippen LogP contribution in [0.15, 0.2) is 18.2 Å². The van der Waals surface area contributed by atoms with Crippen molar-refractivity contribution < 1.29 is 0 Å². The van der Waals surface area contributed by atoms with Crippen LogP contribution in [0.1, 0.15) is 37.8 Å². The monoisotopic (exact) mass is 206 g/mol. The Bertz CT molecular complexity index is 307. The zero-order valence-corrected chi connectivity index (χ0v) is 10.0. The van der Waals surface area contributed by atoms with Gasteiger partial charge >= 0.3 is 0 Å². The van der Waals surface area contributed by atoms with E-state index in [4.69, 9.17) is 5.73 Å². The molecule has 0 bridgehead atoms. The molecule has 0 amide bonds. The van der Waals surface area contributed by atoms with Crippen LogP contribution in [0.5, 0.6) is 0 Å². The van der Waals surface area contributed by atoms with Gasteiger partial charge in [-0.25, -0.2) is 0 Å². The highest BCUT2D eigenvalue weighted by Gasteiger charge is 2.03. The van der Waals surface area contributed by atoms with Crippen LogP contribution in [-0.4, -0.2) is 6.04 Å². The first-order valence-electron chi connectivity index (χ1n) is 5.72. The third kappa shape index (κ3) is 3.56. The molecule has 2 nitrogen and oxygen atoms in total. The van der Waals surface area contributed by atoms with E-state index in [1.807, 2.05) is 12.1 Å². The minimum atomic E-state index is 0.579. The Balaban J connectivity index is 2.54. The van der Waals surface area contributed by atoms with Crippen LogP contribution in [0.2, 0.25) is 0 Å². The largest absolute Gasteiger partial charge is 0.399 e. The molecule has 3 N–H and O–H groups in total. The second-order valence-corrected chi connectivity index (χ2v) is 4.20. The average Bonchev–Trinajstić information content (AvgIpc) is 2.21. The molecule has 0 saturated heterocycles. The van der Waals surface area contributed by atoms with Gasteiger partial charge in [-0.2, -0.15) is 0 Å². The number of rotatable bonds is 5. The van der Waals surface area contributed by atoms with E-state index >= 15 is 0 Å². The SMILES string of the molecule is CCCC(C)NCc1cccc(N)c1C. The number of nitrogens with one attached hydrogen (secondary N) is 1. The lowest BCUT2D eigenvalue weighted by Gasteiger charge is -2.14. The quantitative estimate of drug-likeness (QED) is 0.727. The Morgan fingerprint density at radius 2 is 2.13 bits per heavy atom. The number of benzene rings is 1. The van der Waals surface area contributed by atoms with E-state index in [-0.39, 0.29) is 0 Å². The van der Waals surface area contributed by atoms with Crippen molar-refractivity contribution in [1.29, 1.82) is 0 Å². The van der Waals surface area contributed by atoms with E-state index in [0.29, 0.717) is 6.04 Å². The van der Waals surface area contributed by atoms with Crippen molar-refractivity contribution >= 4 is 5.69 Å². The molecule has 0 heterocycles. The lowest BCUT2D eigenvalue weighted by atomic mass is 10.1. The number of nitrogens with two attached hydrogens (primary N) is 1. The van der Waals surface area contributed by atoms with Crippen molar-refractivity contribution in [3.05, 3.63) is 29.3 Å². The minimum absolute atomic E-state index is 0.579. The Morgan fingerprint density at radius 3 is 2.80 bits per heavy atom. The molecule has 2 heteroatoms. The van der Waals surface area contributed by atoms with Crippen LogP contribution >= 0.6 is 0 Å². The van der Waals surface area contributed by atoms with Crippen molar-refractivity contribution in [2.45, 2.75) is 46.2 Å². The van der Waals surface area contributed by atoms with E-state index in [0.717, 1.165) is 12.2 Å². The Morgan fingerprint density at radius 1 is 1.40 bits per heavy atom. The van der Waals surface area contributed by atoms with Crippen molar-refractivity contribution in [3.63, 3.8) is 0 Å². The third-order valence-corrected chi connectivity index (χ3v) is 2.85. The molecular weight excluding hydrogens is 184 g/mol. The van der Waals surface area contributed by atoms with Gasteiger partial charge in [0.25, 0.3) is 0 Å². The highest BCUT2D eigenvalue weighted by atomic mass is 14.9. The van der Waals surface area contributed by atoms with Crippen molar-refractivity contribution in [3.8, 4) is 0 Å². The summed E-state index contributed by atoms with van der Waals surface area (Å²) < 4.78 is 0. The third-order valence-electron chi connectivity index (χ3n) is 2.85. The van der Waals surface area contributed by atoms with Crippen LogP contribution in [-0.2, 0) is 6.54 Å². The highest BCUT2D eigenvalue weighted by molar-refractivity contribution is 5.49. The molecule has 0 aliphatic heterocycles. The molecule has 84 valence electrons. The normalized spacial score (nSPS) is 12.7. The topological polar surface area (TPSA) is 38.0 Å². The molecule has 15 heavy (non-hydrogen) atoms.